The SMILES string of the molecule is COc1cc([C@H]2SC(NC(C)=O)=NN2C(C)=O)ccc1OCc1ccc(Br)cc1. The Balaban J connectivity index is 1.77. The number of halogens is 1. The van der Waals surface area contributed by atoms with Gasteiger partial charge in [-0.1, -0.05) is 45.9 Å². The van der Waals surface area contributed by atoms with E-state index in [1.54, 1.807) is 7.11 Å². The van der Waals surface area contributed by atoms with Gasteiger partial charge in [-0.15, -0.1) is 5.10 Å². The van der Waals surface area contributed by atoms with Crippen molar-refractivity contribution in [1.82, 2.24) is 10.3 Å². The first-order valence-corrected chi connectivity index (χ1v) is 10.4. The normalized spacial score (nSPS) is 15.7. The van der Waals surface area contributed by atoms with E-state index in [1.807, 2.05) is 42.5 Å². The summed E-state index contributed by atoms with van der Waals surface area (Å²) in [6, 6.07) is 13.4. The molecule has 0 fully saturated rings. The molecule has 7 nitrogen and oxygen atoms in total. The topological polar surface area (TPSA) is 80.2 Å². The predicted octanol–water partition coefficient (Wildman–Crippen LogP) is 4.04. The van der Waals surface area contributed by atoms with Gasteiger partial charge in [0.25, 0.3) is 0 Å². The maximum Gasteiger partial charge on any atom is 0.241 e. The average molecular weight is 478 g/mol. The van der Waals surface area contributed by atoms with Gasteiger partial charge in [-0.25, -0.2) is 5.01 Å². The first-order chi connectivity index (χ1) is 13.9. The third-order valence-electron chi connectivity index (χ3n) is 4.03. The standard InChI is InChI=1S/C20H20BrN3O4S/c1-12(25)22-20-23-24(13(2)26)19(29-20)15-6-9-17(18(10-15)27-3)28-11-14-4-7-16(21)8-5-14/h4-10,19H,11H2,1-3H3,(H,22,23,25)/t19-/m1/s1. The van der Waals surface area contributed by atoms with E-state index < -0.39 is 5.37 Å². The van der Waals surface area contributed by atoms with Crippen LogP contribution < -0.4 is 14.8 Å². The lowest BCUT2D eigenvalue weighted by molar-refractivity contribution is -0.129. The number of hydrazone groups is 1. The van der Waals surface area contributed by atoms with Gasteiger partial charge in [0, 0.05) is 18.3 Å². The molecule has 152 valence electrons. The van der Waals surface area contributed by atoms with Crippen molar-refractivity contribution in [3.8, 4) is 11.5 Å². The Morgan fingerprint density at radius 2 is 1.90 bits per heavy atom. The minimum atomic E-state index is -0.399. The number of hydrogen-bond donors (Lipinski definition) is 1. The van der Waals surface area contributed by atoms with E-state index in [0.29, 0.717) is 23.3 Å². The van der Waals surface area contributed by atoms with E-state index in [-0.39, 0.29) is 11.8 Å². The predicted molar refractivity (Wildman–Crippen MR) is 116 cm³/mol. The largest absolute Gasteiger partial charge is 0.493 e. The van der Waals surface area contributed by atoms with Gasteiger partial charge in [-0.2, -0.15) is 0 Å². The Morgan fingerprint density at radius 3 is 2.52 bits per heavy atom. The number of methoxy groups -OCH3 is 1. The number of amides is 2. The van der Waals surface area contributed by atoms with Gasteiger partial charge in [0.1, 0.15) is 12.0 Å². The van der Waals surface area contributed by atoms with Crippen molar-refractivity contribution in [3.05, 3.63) is 58.1 Å². The van der Waals surface area contributed by atoms with E-state index in [1.165, 1.54) is 30.6 Å². The van der Waals surface area contributed by atoms with E-state index in [9.17, 15) is 9.59 Å². The fourth-order valence-electron chi connectivity index (χ4n) is 2.68. The molecule has 3 rings (SSSR count). The Hall–Kier alpha value is -2.52. The van der Waals surface area contributed by atoms with E-state index >= 15 is 0 Å². The number of benzene rings is 2. The minimum Gasteiger partial charge on any atom is -0.493 e. The maximum atomic E-state index is 12.0. The molecule has 0 bridgehead atoms. The first-order valence-electron chi connectivity index (χ1n) is 8.75. The second kappa shape index (κ2) is 9.32. The quantitative estimate of drug-likeness (QED) is 0.702. The zero-order valence-electron chi connectivity index (χ0n) is 16.1. The van der Waals surface area contributed by atoms with Crippen LogP contribution in [-0.2, 0) is 16.2 Å². The summed E-state index contributed by atoms with van der Waals surface area (Å²) in [5, 5.41) is 8.15. The summed E-state index contributed by atoms with van der Waals surface area (Å²) in [6.45, 7) is 3.23. The number of nitrogens with one attached hydrogen (secondary N) is 1. The van der Waals surface area contributed by atoms with Gasteiger partial charge in [-0.3, -0.25) is 9.59 Å². The van der Waals surface area contributed by atoms with Crippen molar-refractivity contribution in [1.29, 1.82) is 0 Å². The zero-order valence-corrected chi connectivity index (χ0v) is 18.5. The highest BCUT2D eigenvalue weighted by Gasteiger charge is 2.32. The minimum absolute atomic E-state index is 0.225. The second-order valence-corrected chi connectivity index (χ2v) is 8.23. The van der Waals surface area contributed by atoms with Crippen LogP contribution in [0.25, 0.3) is 0 Å². The number of thioether (sulfide) groups is 1. The lowest BCUT2D eigenvalue weighted by Crippen LogP contribution is -2.25. The molecule has 2 aromatic rings. The van der Waals surface area contributed by atoms with Crippen LogP contribution in [0.2, 0.25) is 0 Å². The molecule has 9 heteroatoms. The van der Waals surface area contributed by atoms with E-state index in [4.69, 9.17) is 9.47 Å². The molecule has 0 unspecified atom stereocenters. The average Bonchev–Trinajstić information content (AvgIpc) is 3.11. The van der Waals surface area contributed by atoms with Crippen LogP contribution in [0.1, 0.15) is 30.3 Å². The third kappa shape index (κ3) is 5.30. The number of ether oxygens (including phenoxy) is 2. The molecular weight excluding hydrogens is 458 g/mol. The molecule has 0 saturated heterocycles. The summed E-state index contributed by atoms with van der Waals surface area (Å²) < 4.78 is 12.4. The molecule has 0 aromatic heterocycles. The lowest BCUT2D eigenvalue weighted by Gasteiger charge is -2.20. The lowest BCUT2D eigenvalue weighted by atomic mass is 10.2. The Bertz CT molecular complexity index is 949. The van der Waals surface area contributed by atoms with Gasteiger partial charge < -0.3 is 14.8 Å². The molecule has 0 spiro atoms. The van der Waals surface area contributed by atoms with Crippen LogP contribution in [0, 0.1) is 0 Å². The van der Waals surface area contributed by atoms with Gasteiger partial charge in [0.2, 0.25) is 11.8 Å². The van der Waals surface area contributed by atoms with Gasteiger partial charge in [0.15, 0.2) is 16.7 Å². The Kier molecular flexibility index (Phi) is 6.81. The molecule has 1 atom stereocenters. The molecule has 1 heterocycles. The highest BCUT2D eigenvalue weighted by Crippen LogP contribution is 2.41. The molecule has 0 saturated carbocycles. The molecule has 1 aliphatic rings. The highest BCUT2D eigenvalue weighted by atomic mass is 79.9. The van der Waals surface area contributed by atoms with Crippen LogP contribution in [0.5, 0.6) is 11.5 Å². The molecular formula is C20H20BrN3O4S. The van der Waals surface area contributed by atoms with Crippen molar-refractivity contribution in [2.24, 2.45) is 5.10 Å². The molecule has 29 heavy (non-hydrogen) atoms. The van der Waals surface area contributed by atoms with E-state index in [0.717, 1.165) is 15.6 Å². The van der Waals surface area contributed by atoms with Gasteiger partial charge in [-0.05, 0) is 35.4 Å². The fraction of sp³-hybridized carbons (Fsp3) is 0.250. The molecule has 1 N–H and O–H groups in total. The molecule has 0 aliphatic carbocycles. The number of hydrogen-bond acceptors (Lipinski definition) is 6. The van der Waals surface area contributed by atoms with Crippen LogP contribution in [0.15, 0.2) is 52.0 Å². The monoisotopic (exact) mass is 477 g/mol. The second-order valence-electron chi connectivity index (χ2n) is 6.25. The summed E-state index contributed by atoms with van der Waals surface area (Å²) >= 11 is 4.70. The summed E-state index contributed by atoms with van der Waals surface area (Å²) in [6.07, 6.45) is 0. The van der Waals surface area contributed by atoms with Crippen LogP contribution in [-0.4, -0.2) is 29.1 Å². The van der Waals surface area contributed by atoms with Crippen molar-refractivity contribution >= 4 is 44.7 Å². The molecule has 0 radical (unpaired) electrons. The molecule has 2 amide bonds. The Labute approximate surface area is 181 Å². The van der Waals surface area contributed by atoms with Crippen LogP contribution in [0.3, 0.4) is 0 Å². The molecule has 2 aromatic carbocycles. The van der Waals surface area contributed by atoms with Gasteiger partial charge in [0.05, 0.1) is 7.11 Å². The smallest absolute Gasteiger partial charge is 0.241 e. The number of carbonyl (C=O) groups excluding carboxylic acids is 2. The summed E-state index contributed by atoms with van der Waals surface area (Å²) in [4.78, 5) is 23.3. The fourth-order valence-corrected chi connectivity index (χ4v) is 4.07. The van der Waals surface area contributed by atoms with Crippen molar-refractivity contribution < 1.29 is 19.1 Å². The van der Waals surface area contributed by atoms with Gasteiger partial charge >= 0.3 is 0 Å². The summed E-state index contributed by atoms with van der Waals surface area (Å²) in [7, 11) is 1.56. The number of nitrogens with zero attached hydrogens (tertiary/aromatic N) is 2. The highest BCUT2D eigenvalue weighted by molar-refractivity contribution is 9.10. The maximum absolute atomic E-state index is 12.0. The number of amidine groups is 1. The zero-order chi connectivity index (χ0) is 21.0. The third-order valence-corrected chi connectivity index (χ3v) is 5.66. The van der Waals surface area contributed by atoms with Crippen molar-refractivity contribution in [2.45, 2.75) is 25.8 Å². The summed E-state index contributed by atoms with van der Waals surface area (Å²) in [5.41, 5.74) is 1.84. The molecule has 1 aliphatic heterocycles. The first kappa shape index (κ1) is 21.2. The Morgan fingerprint density at radius 1 is 1.17 bits per heavy atom. The van der Waals surface area contributed by atoms with Crippen molar-refractivity contribution in [3.63, 3.8) is 0 Å². The van der Waals surface area contributed by atoms with Crippen LogP contribution in [0.4, 0.5) is 0 Å². The number of rotatable bonds is 5. The summed E-state index contributed by atoms with van der Waals surface area (Å²) in [5.74, 6) is 0.684. The van der Waals surface area contributed by atoms with Crippen LogP contribution >= 0.6 is 27.7 Å². The van der Waals surface area contributed by atoms with Crippen molar-refractivity contribution in [2.75, 3.05) is 7.11 Å². The number of carbonyl (C=O) groups is 2. The van der Waals surface area contributed by atoms with E-state index in [2.05, 4.69) is 26.3 Å².